The maximum atomic E-state index is 13.7. The van der Waals surface area contributed by atoms with Gasteiger partial charge in [-0.25, -0.2) is 9.48 Å². The van der Waals surface area contributed by atoms with Gasteiger partial charge in [-0.1, -0.05) is 0 Å². The molecule has 1 saturated carbocycles. The van der Waals surface area contributed by atoms with E-state index in [4.69, 9.17) is 9.47 Å². The van der Waals surface area contributed by atoms with E-state index in [0.29, 0.717) is 24.4 Å². The Morgan fingerprint density at radius 2 is 1.87 bits per heavy atom. The summed E-state index contributed by atoms with van der Waals surface area (Å²) in [6.07, 6.45) is 4.65. The van der Waals surface area contributed by atoms with Crippen LogP contribution in [0, 0.1) is 0 Å². The van der Waals surface area contributed by atoms with Crippen molar-refractivity contribution in [1.29, 1.82) is 0 Å². The third kappa shape index (κ3) is 8.02. The van der Waals surface area contributed by atoms with E-state index in [1.165, 1.54) is 4.68 Å². The highest BCUT2D eigenvalue weighted by molar-refractivity contribution is 7.85. The fourth-order valence-corrected chi connectivity index (χ4v) is 4.85. The molecule has 0 aromatic carbocycles. The van der Waals surface area contributed by atoms with Crippen LogP contribution in [0.3, 0.4) is 0 Å². The van der Waals surface area contributed by atoms with Gasteiger partial charge in [0.2, 0.25) is 0 Å². The minimum atomic E-state index is -3.55. The van der Waals surface area contributed by atoms with E-state index in [1.54, 1.807) is 30.2 Å². The molecule has 0 radical (unpaired) electrons. The topological polar surface area (TPSA) is 158 Å². The first-order chi connectivity index (χ1) is 18.1. The van der Waals surface area contributed by atoms with Crippen LogP contribution >= 0.6 is 0 Å². The molecule has 39 heavy (non-hydrogen) atoms. The smallest absolute Gasteiger partial charge is 0.408 e. The molecule has 3 rings (SSSR count). The monoisotopic (exact) mass is 568 g/mol. The molecule has 1 unspecified atom stereocenters. The van der Waals surface area contributed by atoms with Gasteiger partial charge in [-0.3, -0.25) is 19.0 Å². The van der Waals surface area contributed by atoms with Crippen LogP contribution in [0.2, 0.25) is 0 Å². The molecule has 2 heterocycles. The summed E-state index contributed by atoms with van der Waals surface area (Å²) in [5.41, 5.74) is -0.677. The molecule has 218 valence electrons. The summed E-state index contributed by atoms with van der Waals surface area (Å²) in [6, 6.07) is 3.29. The third-order valence-electron chi connectivity index (χ3n) is 6.20. The van der Waals surface area contributed by atoms with Gasteiger partial charge in [0.1, 0.15) is 6.23 Å². The van der Waals surface area contributed by atoms with Crippen molar-refractivity contribution in [2.45, 2.75) is 90.6 Å². The fraction of sp³-hybridized carbons (Fsp3) is 0.680. The summed E-state index contributed by atoms with van der Waals surface area (Å²) in [5, 5.41) is 14.6. The van der Waals surface area contributed by atoms with E-state index in [2.05, 4.69) is 24.8 Å². The number of alkyl carbamates (subject to hydrolysis) is 1. The van der Waals surface area contributed by atoms with Crippen LogP contribution in [-0.4, -0.2) is 71.4 Å². The lowest BCUT2D eigenvalue weighted by atomic mass is 9.97. The molecule has 2 aromatic rings. The maximum Gasteiger partial charge on any atom is 0.408 e. The molecule has 1 fully saturated rings. The lowest BCUT2D eigenvalue weighted by Gasteiger charge is -2.33. The van der Waals surface area contributed by atoms with Gasteiger partial charge in [-0.05, 0) is 73.3 Å². The lowest BCUT2D eigenvalue weighted by Crippen LogP contribution is -2.46. The lowest BCUT2D eigenvalue weighted by molar-refractivity contribution is -0.00551. The van der Waals surface area contributed by atoms with Crippen molar-refractivity contribution in [3.05, 3.63) is 29.7 Å². The summed E-state index contributed by atoms with van der Waals surface area (Å²) >= 11 is 0. The zero-order chi connectivity index (χ0) is 29.0. The molecule has 0 bridgehead atoms. The quantitative estimate of drug-likeness (QED) is 0.306. The summed E-state index contributed by atoms with van der Waals surface area (Å²) < 4.78 is 39.8. The standard InChI is InChI=1S/C25H40N6O7S/c1-17(2)26-23(33)38-25(11-8-9-12-25)20-16-21(28-27-20)31(24(4,5)6)22(32)19-10-13-30(29-19)18(3)36-14-15-37-39(7,34)35/h10,13,16-18H,8-9,11-12,14-15H2,1-7H3,(H,26,33)(H,27,28). The molecule has 1 atom stereocenters. The van der Waals surface area contributed by atoms with Gasteiger partial charge in [0, 0.05) is 23.8 Å². The average molecular weight is 569 g/mol. The second kappa shape index (κ2) is 12.0. The summed E-state index contributed by atoms with van der Waals surface area (Å²) in [7, 11) is -3.55. The Morgan fingerprint density at radius 3 is 2.46 bits per heavy atom. The van der Waals surface area contributed by atoms with Crippen molar-refractivity contribution >= 4 is 27.9 Å². The number of ether oxygens (including phenoxy) is 2. The predicted octanol–water partition coefficient (Wildman–Crippen LogP) is 3.47. The second-order valence-electron chi connectivity index (χ2n) is 11.0. The van der Waals surface area contributed by atoms with Crippen LogP contribution in [0.25, 0.3) is 0 Å². The minimum absolute atomic E-state index is 0.0283. The van der Waals surface area contributed by atoms with Gasteiger partial charge >= 0.3 is 6.09 Å². The number of carbonyl (C=O) groups excluding carboxylic acids is 2. The normalized spacial score (nSPS) is 16.3. The van der Waals surface area contributed by atoms with Crippen LogP contribution in [-0.2, 0) is 29.4 Å². The molecule has 2 amide bonds. The first-order valence-corrected chi connectivity index (χ1v) is 14.8. The highest BCUT2D eigenvalue weighted by atomic mass is 32.2. The number of hydrogen-bond donors (Lipinski definition) is 2. The molecule has 2 aromatic heterocycles. The summed E-state index contributed by atoms with van der Waals surface area (Å²) in [6.45, 7) is 11.0. The first kappa shape index (κ1) is 30.6. The number of hydrogen-bond acceptors (Lipinski definition) is 9. The molecule has 0 aliphatic heterocycles. The van der Waals surface area contributed by atoms with Gasteiger partial charge in [0.05, 0.1) is 25.2 Å². The van der Waals surface area contributed by atoms with E-state index >= 15 is 0 Å². The van der Waals surface area contributed by atoms with E-state index < -0.39 is 33.6 Å². The van der Waals surface area contributed by atoms with Crippen molar-refractivity contribution in [3.63, 3.8) is 0 Å². The molecule has 14 heteroatoms. The van der Waals surface area contributed by atoms with E-state index in [9.17, 15) is 18.0 Å². The van der Waals surface area contributed by atoms with Gasteiger partial charge < -0.3 is 14.8 Å². The fourth-order valence-electron chi connectivity index (χ4n) is 4.48. The van der Waals surface area contributed by atoms with Crippen LogP contribution in [0.15, 0.2) is 18.3 Å². The van der Waals surface area contributed by atoms with E-state index in [-0.39, 0.29) is 30.9 Å². The number of nitrogens with zero attached hydrogens (tertiary/aromatic N) is 4. The number of H-pyrrole nitrogens is 1. The number of amides is 2. The highest BCUT2D eigenvalue weighted by Gasteiger charge is 2.43. The van der Waals surface area contributed by atoms with Crippen molar-refractivity contribution in [2.75, 3.05) is 24.4 Å². The predicted molar refractivity (Wildman–Crippen MR) is 144 cm³/mol. The Hall–Kier alpha value is -2.97. The molecule has 0 spiro atoms. The van der Waals surface area contributed by atoms with Crippen LogP contribution in [0.5, 0.6) is 0 Å². The Bertz CT molecular complexity index is 1240. The SMILES string of the molecule is CC(C)NC(=O)OC1(c2cc(N(C(=O)c3ccn(C(C)OCCOS(C)(=O)=O)n3)C(C)(C)C)n[nH]2)CCCC1. The third-order valence-corrected chi connectivity index (χ3v) is 6.80. The number of rotatable bonds is 11. The summed E-state index contributed by atoms with van der Waals surface area (Å²) in [4.78, 5) is 27.7. The van der Waals surface area contributed by atoms with Crippen molar-refractivity contribution < 1.29 is 31.7 Å². The zero-order valence-electron chi connectivity index (χ0n) is 23.7. The number of carbonyl (C=O) groups is 2. The Kier molecular flexibility index (Phi) is 9.44. The molecular weight excluding hydrogens is 528 g/mol. The van der Waals surface area contributed by atoms with Gasteiger partial charge in [-0.2, -0.15) is 18.6 Å². The highest BCUT2D eigenvalue weighted by Crippen LogP contribution is 2.42. The van der Waals surface area contributed by atoms with Crippen LogP contribution in [0.4, 0.5) is 10.6 Å². The van der Waals surface area contributed by atoms with Crippen LogP contribution in [0.1, 0.15) is 89.6 Å². The molecule has 1 aliphatic carbocycles. The Balaban J connectivity index is 1.79. The first-order valence-electron chi connectivity index (χ1n) is 13.0. The van der Waals surface area contributed by atoms with Crippen LogP contribution < -0.4 is 10.2 Å². The molecule has 2 N–H and O–H groups in total. The number of aromatic amines is 1. The molecule has 0 saturated heterocycles. The Labute approximate surface area is 229 Å². The molecule has 1 aliphatic rings. The molecule has 13 nitrogen and oxygen atoms in total. The van der Waals surface area contributed by atoms with E-state index in [0.717, 1.165) is 19.1 Å². The zero-order valence-corrected chi connectivity index (χ0v) is 24.5. The largest absolute Gasteiger partial charge is 0.436 e. The van der Waals surface area contributed by atoms with Gasteiger partial charge in [-0.15, -0.1) is 0 Å². The molecular formula is C25H40N6O7S. The minimum Gasteiger partial charge on any atom is -0.436 e. The van der Waals surface area contributed by atoms with Crippen molar-refractivity contribution in [1.82, 2.24) is 25.3 Å². The number of aromatic nitrogens is 4. The second-order valence-corrected chi connectivity index (χ2v) is 12.7. The summed E-state index contributed by atoms with van der Waals surface area (Å²) in [5.74, 6) is 0.0178. The number of nitrogens with one attached hydrogen (secondary N) is 2. The maximum absolute atomic E-state index is 13.7. The van der Waals surface area contributed by atoms with Crippen molar-refractivity contribution in [2.24, 2.45) is 0 Å². The van der Waals surface area contributed by atoms with Gasteiger partial charge in [0.15, 0.2) is 17.1 Å². The van der Waals surface area contributed by atoms with Gasteiger partial charge in [0.25, 0.3) is 16.0 Å². The van der Waals surface area contributed by atoms with E-state index in [1.807, 2.05) is 34.6 Å². The Morgan fingerprint density at radius 1 is 1.21 bits per heavy atom. The van der Waals surface area contributed by atoms with Crippen molar-refractivity contribution in [3.8, 4) is 0 Å². The number of anilines is 1. The average Bonchev–Trinajstić information content (AvgIpc) is 3.55.